The first kappa shape index (κ1) is 26.3. The molecule has 4 aromatic rings. The molecule has 0 saturated carbocycles. The molecular formula is C32H31F3N4O. The average Bonchev–Trinajstić information content (AvgIpc) is 3.32. The lowest BCUT2D eigenvalue weighted by molar-refractivity contribution is -0.158. The fourth-order valence-electron chi connectivity index (χ4n) is 6.31. The van der Waals surface area contributed by atoms with Crippen molar-refractivity contribution in [3.63, 3.8) is 0 Å². The lowest BCUT2D eigenvalue weighted by Gasteiger charge is -2.34. The molecule has 6 rings (SSSR count). The average molecular weight is 545 g/mol. The number of ketones is 1. The summed E-state index contributed by atoms with van der Waals surface area (Å²) >= 11 is 0. The molecule has 0 N–H and O–H groups in total. The maximum absolute atomic E-state index is 14.5. The number of fused-ring (bicyclic) bond motifs is 1. The Morgan fingerprint density at radius 1 is 0.925 bits per heavy atom. The number of carbonyl (C=O) groups excluding carboxylic acids is 1. The van der Waals surface area contributed by atoms with E-state index in [1.807, 2.05) is 80.0 Å². The van der Waals surface area contributed by atoms with Gasteiger partial charge in [-0.2, -0.15) is 18.3 Å². The molecule has 0 spiro atoms. The van der Waals surface area contributed by atoms with Gasteiger partial charge in [-0.1, -0.05) is 60.7 Å². The van der Waals surface area contributed by atoms with E-state index in [0.29, 0.717) is 37.3 Å². The number of aromatic nitrogens is 3. The first-order valence-electron chi connectivity index (χ1n) is 13.8. The number of aryl methyl sites for hydroxylation is 1. The van der Waals surface area contributed by atoms with Crippen LogP contribution >= 0.6 is 0 Å². The summed E-state index contributed by atoms with van der Waals surface area (Å²) in [7, 11) is 0. The highest BCUT2D eigenvalue weighted by Crippen LogP contribution is 2.48. The van der Waals surface area contributed by atoms with Crippen molar-refractivity contribution in [3.8, 4) is 0 Å². The molecule has 2 aromatic carbocycles. The Bertz CT molecular complexity index is 1450. The zero-order chi connectivity index (χ0) is 27.9. The molecule has 1 unspecified atom stereocenters. The van der Waals surface area contributed by atoms with Gasteiger partial charge in [0.05, 0.1) is 29.2 Å². The zero-order valence-electron chi connectivity index (χ0n) is 22.3. The van der Waals surface area contributed by atoms with Gasteiger partial charge in [-0.25, -0.2) is 0 Å². The van der Waals surface area contributed by atoms with Crippen LogP contribution in [0.4, 0.5) is 18.9 Å². The van der Waals surface area contributed by atoms with Crippen molar-refractivity contribution in [1.82, 2.24) is 14.8 Å². The van der Waals surface area contributed by atoms with Crippen LogP contribution in [-0.4, -0.2) is 39.8 Å². The van der Waals surface area contributed by atoms with Crippen LogP contribution in [0.3, 0.4) is 0 Å². The van der Waals surface area contributed by atoms with E-state index in [4.69, 9.17) is 5.10 Å². The number of anilines is 1. The van der Waals surface area contributed by atoms with Crippen LogP contribution in [0.25, 0.3) is 0 Å². The van der Waals surface area contributed by atoms with Crippen LogP contribution in [0, 0.1) is 6.92 Å². The Kier molecular flexibility index (Phi) is 6.94. The number of Topliss-reactive ketones (excluding diaryl/α,β-unsaturated/α-hetero) is 1. The maximum Gasteiger partial charge on any atom is 0.396 e. The van der Waals surface area contributed by atoms with Crippen molar-refractivity contribution in [2.24, 2.45) is 0 Å². The molecule has 0 amide bonds. The summed E-state index contributed by atoms with van der Waals surface area (Å²) in [6, 6.07) is 21.0. The first-order chi connectivity index (χ1) is 19.3. The van der Waals surface area contributed by atoms with E-state index >= 15 is 0 Å². The van der Waals surface area contributed by atoms with Gasteiger partial charge < -0.3 is 4.90 Å². The third-order valence-corrected chi connectivity index (χ3v) is 8.20. The summed E-state index contributed by atoms with van der Waals surface area (Å²) in [5.41, 5.74) is 5.04. The number of rotatable bonds is 5. The molecule has 5 nitrogen and oxygen atoms in total. The SMILES string of the molecule is Cc1cncc(N2CCC(c3nn(C(c4ccccc4)c4ccccc4)c4c3C(C(F)(F)F)CC(=O)C4)CC2)c1. The van der Waals surface area contributed by atoms with Crippen molar-refractivity contribution >= 4 is 11.5 Å². The van der Waals surface area contributed by atoms with E-state index < -0.39 is 30.3 Å². The maximum atomic E-state index is 14.5. The normalized spacial score (nSPS) is 18.3. The Labute approximate surface area is 231 Å². The predicted molar refractivity (Wildman–Crippen MR) is 148 cm³/mol. The number of halogens is 3. The lowest BCUT2D eigenvalue weighted by Crippen LogP contribution is -2.34. The zero-order valence-corrected chi connectivity index (χ0v) is 22.3. The van der Waals surface area contributed by atoms with Crippen LogP contribution in [0.2, 0.25) is 0 Å². The summed E-state index contributed by atoms with van der Waals surface area (Å²) in [5.74, 6) is -2.36. The van der Waals surface area contributed by atoms with Gasteiger partial charge in [0, 0.05) is 43.6 Å². The van der Waals surface area contributed by atoms with Crippen LogP contribution in [-0.2, 0) is 11.2 Å². The van der Waals surface area contributed by atoms with Gasteiger partial charge >= 0.3 is 6.18 Å². The van der Waals surface area contributed by atoms with Crippen molar-refractivity contribution in [3.05, 3.63) is 113 Å². The molecule has 1 aliphatic heterocycles. The molecular weight excluding hydrogens is 513 g/mol. The van der Waals surface area contributed by atoms with Gasteiger partial charge in [-0.05, 0) is 42.5 Å². The Morgan fingerprint density at radius 2 is 1.55 bits per heavy atom. The lowest BCUT2D eigenvalue weighted by atomic mass is 9.79. The molecule has 0 bridgehead atoms. The minimum absolute atomic E-state index is 0.0428. The van der Waals surface area contributed by atoms with Crippen LogP contribution < -0.4 is 4.90 Å². The molecule has 1 aliphatic carbocycles. The molecule has 3 heterocycles. The van der Waals surface area contributed by atoms with Gasteiger partial charge in [-0.3, -0.25) is 14.5 Å². The standard InChI is InChI=1S/C32H31F3N4O/c1-21-16-25(20-36-19-21)38-14-12-22(13-15-38)30-29-27(32(33,34)35)17-26(40)18-28(29)39(37-30)31(23-8-4-2-5-9-23)24-10-6-3-7-11-24/h2-11,16,19-20,22,27,31H,12-15,17-18H2,1H3. The number of benzene rings is 2. The van der Waals surface area contributed by atoms with Gasteiger partial charge in [0.2, 0.25) is 0 Å². The molecule has 2 aliphatic rings. The van der Waals surface area contributed by atoms with Crippen LogP contribution in [0.5, 0.6) is 0 Å². The van der Waals surface area contributed by atoms with Gasteiger partial charge in [0.1, 0.15) is 11.8 Å². The summed E-state index contributed by atoms with van der Waals surface area (Å²) in [6.45, 7) is 3.40. The smallest absolute Gasteiger partial charge is 0.370 e. The highest BCUT2D eigenvalue weighted by Gasteiger charge is 2.49. The number of piperidine rings is 1. The van der Waals surface area contributed by atoms with Crippen molar-refractivity contribution in [2.45, 2.75) is 56.7 Å². The second kappa shape index (κ2) is 10.6. The fraction of sp³-hybridized carbons (Fsp3) is 0.344. The second-order valence-corrected chi connectivity index (χ2v) is 10.9. The molecule has 40 heavy (non-hydrogen) atoms. The van der Waals surface area contributed by atoms with Crippen LogP contribution in [0.15, 0.2) is 79.1 Å². The quantitative estimate of drug-likeness (QED) is 0.278. The molecule has 8 heteroatoms. The summed E-state index contributed by atoms with van der Waals surface area (Å²) < 4.78 is 45.3. The molecule has 1 saturated heterocycles. The van der Waals surface area contributed by atoms with E-state index in [-0.39, 0.29) is 17.9 Å². The monoisotopic (exact) mass is 544 g/mol. The highest BCUT2D eigenvalue weighted by molar-refractivity contribution is 5.84. The first-order valence-corrected chi connectivity index (χ1v) is 13.8. The number of pyridine rings is 1. The number of carbonyl (C=O) groups is 1. The molecule has 0 radical (unpaired) electrons. The van der Waals surface area contributed by atoms with E-state index in [2.05, 4.69) is 16.0 Å². The van der Waals surface area contributed by atoms with E-state index in [9.17, 15) is 18.0 Å². The van der Waals surface area contributed by atoms with E-state index in [0.717, 1.165) is 22.4 Å². The molecule has 206 valence electrons. The van der Waals surface area contributed by atoms with Crippen molar-refractivity contribution in [2.75, 3.05) is 18.0 Å². The second-order valence-electron chi connectivity index (χ2n) is 10.9. The predicted octanol–water partition coefficient (Wildman–Crippen LogP) is 6.77. The molecule has 2 aromatic heterocycles. The Balaban J connectivity index is 1.45. The van der Waals surface area contributed by atoms with Crippen LogP contribution in [0.1, 0.15) is 70.8 Å². The third kappa shape index (κ3) is 5.03. The number of alkyl halides is 3. The number of hydrogen-bond donors (Lipinski definition) is 0. The van der Waals surface area contributed by atoms with E-state index in [1.165, 1.54) is 0 Å². The number of hydrogen-bond acceptors (Lipinski definition) is 4. The third-order valence-electron chi connectivity index (χ3n) is 8.20. The van der Waals surface area contributed by atoms with Crippen molar-refractivity contribution < 1.29 is 18.0 Å². The fourth-order valence-corrected chi connectivity index (χ4v) is 6.31. The highest BCUT2D eigenvalue weighted by atomic mass is 19.4. The minimum Gasteiger partial charge on any atom is -0.370 e. The molecule has 1 atom stereocenters. The summed E-state index contributed by atoms with van der Waals surface area (Å²) in [6.07, 6.45) is -0.0999. The summed E-state index contributed by atoms with van der Waals surface area (Å²) in [4.78, 5) is 19.3. The summed E-state index contributed by atoms with van der Waals surface area (Å²) in [5, 5.41) is 5.01. The Morgan fingerprint density at radius 3 is 2.12 bits per heavy atom. The molecule has 1 fully saturated rings. The Hall–Kier alpha value is -3.94. The number of nitrogens with zero attached hydrogens (tertiary/aromatic N) is 4. The van der Waals surface area contributed by atoms with Gasteiger partial charge in [0.25, 0.3) is 0 Å². The van der Waals surface area contributed by atoms with E-state index in [1.54, 1.807) is 4.68 Å². The van der Waals surface area contributed by atoms with Gasteiger partial charge in [0.15, 0.2) is 0 Å². The topological polar surface area (TPSA) is 51.0 Å². The van der Waals surface area contributed by atoms with Crippen molar-refractivity contribution in [1.29, 1.82) is 0 Å². The van der Waals surface area contributed by atoms with Gasteiger partial charge in [-0.15, -0.1) is 0 Å². The minimum atomic E-state index is -4.53. The largest absolute Gasteiger partial charge is 0.396 e.